The van der Waals surface area contributed by atoms with Gasteiger partial charge in [-0.15, -0.1) is 0 Å². The molecule has 1 atom stereocenters. The normalized spacial score (nSPS) is 14.8. The lowest BCUT2D eigenvalue weighted by molar-refractivity contribution is -0.123. The summed E-state index contributed by atoms with van der Waals surface area (Å²) in [5.41, 5.74) is 9.50. The zero-order valence-corrected chi connectivity index (χ0v) is 22.4. The summed E-state index contributed by atoms with van der Waals surface area (Å²) in [4.78, 5) is 30.0. The summed E-state index contributed by atoms with van der Waals surface area (Å²) in [6.45, 7) is 5.26. The van der Waals surface area contributed by atoms with Gasteiger partial charge in [0.05, 0.1) is 29.9 Å². The number of anilines is 2. The van der Waals surface area contributed by atoms with Crippen molar-refractivity contribution in [2.45, 2.75) is 19.4 Å². The topological polar surface area (TPSA) is 101 Å². The summed E-state index contributed by atoms with van der Waals surface area (Å²) >= 11 is 0. The SMILES string of the molecule is COc1ccccc1N1CCN(C(CCNc2cccc3c(=O)c(C)c(-c4ccccc4)oc23)C(N)=O)CC1. The second kappa shape index (κ2) is 11.6. The highest BCUT2D eigenvalue weighted by molar-refractivity contribution is 5.90. The quantitative estimate of drug-likeness (QED) is 0.336. The zero-order valence-electron chi connectivity index (χ0n) is 22.4. The Bertz CT molecular complexity index is 1510. The molecule has 1 aromatic heterocycles. The molecule has 0 bridgehead atoms. The highest BCUT2D eigenvalue weighted by Gasteiger charge is 2.28. The standard InChI is InChI=1S/C31H34N4O4/c1-21-28(36)23-11-8-12-24(30(23)39-29(21)22-9-4-3-5-10-22)33-16-15-26(31(32)37)35-19-17-34(18-20-35)25-13-6-7-14-27(25)38-2/h3-14,26,33H,15-20H2,1-2H3,(H2,32,37). The number of piperazine rings is 1. The molecule has 1 amide bonds. The van der Waals surface area contributed by atoms with Gasteiger partial charge in [0.15, 0.2) is 11.0 Å². The van der Waals surface area contributed by atoms with Crippen LogP contribution in [0.2, 0.25) is 0 Å². The molecular weight excluding hydrogens is 492 g/mol. The van der Waals surface area contributed by atoms with Crippen molar-refractivity contribution < 1.29 is 13.9 Å². The van der Waals surface area contributed by atoms with Gasteiger partial charge in [-0.3, -0.25) is 14.5 Å². The largest absolute Gasteiger partial charge is 0.495 e. The van der Waals surface area contributed by atoms with Crippen molar-refractivity contribution >= 4 is 28.3 Å². The predicted molar refractivity (Wildman–Crippen MR) is 156 cm³/mol. The van der Waals surface area contributed by atoms with E-state index in [1.165, 1.54) is 0 Å². The highest BCUT2D eigenvalue weighted by atomic mass is 16.5. The molecule has 4 aromatic rings. The Morgan fingerprint density at radius 1 is 1.00 bits per heavy atom. The molecule has 0 aliphatic carbocycles. The molecule has 1 fully saturated rings. The van der Waals surface area contributed by atoms with E-state index in [0.717, 1.165) is 30.1 Å². The minimum absolute atomic E-state index is 0.0540. The maximum Gasteiger partial charge on any atom is 0.234 e. The third kappa shape index (κ3) is 5.47. The number of carbonyl (C=O) groups is 1. The van der Waals surface area contributed by atoms with Crippen molar-refractivity contribution in [3.8, 4) is 17.1 Å². The van der Waals surface area contributed by atoms with E-state index in [4.69, 9.17) is 14.9 Å². The number of hydrogen-bond acceptors (Lipinski definition) is 7. The average Bonchev–Trinajstić information content (AvgIpc) is 2.97. The van der Waals surface area contributed by atoms with Crippen molar-refractivity contribution in [2.24, 2.45) is 5.73 Å². The number of nitrogens with zero attached hydrogens (tertiary/aromatic N) is 2. The highest BCUT2D eigenvalue weighted by Crippen LogP contribution is 2.30. The average molecular weight is 527 g/mol. The second-order valence-corrected chi connectivity index (χ2v) is 9.76. The Kier molecular flexibility index (Phi) is 7.84. The molecule has 0 spiro atoms. The smallest absolute Gasteiger partial charge is 0.234 e. The van der Waals surface area contributed by atoms with Crippen molar-refractivity contribution in [1.29, 1.82) is 0 Å². The number of para-hydroxylation sites is 3. The molecule has 1 saturated heterocycles. The summed E-state index contributed by atoms with van der Waals surface area (Å²) in [6, 6.07) is 22.7. The van der Waals surface area contributed by atoms with Crippen LogP contribution in [0.3, 0.4) is 0 Å². The van der Waals surface area contributed by atoms with Crippen LogP contribution in [0.15, 0.2) is 82.0 Å². The van der Waals surface area contributed by atoms with Gasteiger partial charge in [0.25, 0.3) is 0 Å². The number of carbonyl (C=O) groups excluding carboxylic acids is 1. The van der Waals surface area contributed by atoms with Crippen LogP contribution in [0.4, 0.5) is 11.4 Å². The molecule has 1 unspecified atom stereocenters. The summed E-state index contributed by atoms with van der Waals surface area (Å²) in [6.07, 6.45) is 0.530. The minimum atomic E-state index is -0.401. The van der Waals surface area contributed by atoms with Gasteiger partial charge in [0.2, 0.25) is 5.91 Å². The van der Waals surface area contributed by atoms with Gasteiger partial charge >= 0.3 is 0 Å². The van der Waals surface area contributed by atoms with Gasteiger partial charge in [-0.25, -0.2) is 0 Å². The first-order chi connectivity index (χ1) is 19.0. The van der Waals surface area contributed by atoms with E-state index < -0.39 is 6.04 Å². The Morgan fingerprint density at radius 3 is 2.44 bits per heavy atom. The van der Waals surface area contributed by atoms with Crippen molar-refractivity contribution in [2.75, 3.05) is 50.1 Å². The van der Waals surface area contributed by atoms with Gasteiger partial charge in [0.1, 0.15) is 11.5 Å². The third-order valence-corrected chi connectivity index (χ3v) is 7.42. The molecule has 0 radical (unpaired) electrons. The number of benzene rings is 3. The molecule has 8 heteroatoms. The summed E-state index contributed by atoms with van der Waals surface area (Å²) in [5, 5.41) is 3.92. The number of nitrogens with two attached hydrogens (primary N) is 1. The van der Waals surface area contributed by atoms with Gasteiger partial charge in [-0.05, 0) is 37.6 Å². The first-order valence-electron chi connectivity index (χ1n) is 13.2. The van der Waals surface area contributed by atoms with Crippen LogP contribution in [-0.2, 0) is 4.79 Å². The molecule has 3 aromatic carbocycles. The lowest BCUT2D eigenvalue weighted by Gasteiger charge is -2.39. The number of hydrogen-bond donors (Lipinski definition) is 2. The fourth-order valence-electron chi connectivity index (χ4n) is 5.33. The number of rotatable bonds is 9. The maximum absolute atomic E-state index is 13.2. The first-order valence-corrected chi connectivity index (χ1v) is 13.2. The molecule has 5 rings (SSSR count). The van der Waals surface area contributed by atoms with Crippen LogP contribution in [0.5, 0.6) is 5.75 Å². The Morgan fingerprint density at radius 2 is 1.72 bits per heavy atom. The maximum atomic E-state index is 13.2. The molecule has 3 N–H and O–H groups in total. The molecular formula is C31H34N4O4. The van der Waals surface area contributed by atoms with E-state index in [0.29, 0.717) is 54.0 Å². The minimum Gasteiger partial charge on any atom is -0.495 e. The molecule has 39 heavy (non-hydrogen) atoms. The molecule has 0 saturated carbocycles. The second-order valence-electron chi connectivity index (χ2n) is 9.76. The summed E-state index contributed by atoms with van der Waals surface area (Å²) in [5.74, 6) is 1.06. The number of primary amides is 1. The van der Waals surface area contributed by atoms with E-state index in [9.17, 15) is 9.59 Å². The molecule has 1 aliphatic rings. The van der Waals surface area contributed by atoms with E-state index >= 15 is 0 Å². The number of fused-ring (bicyclic) bond motifs is 1. The van der Waals surface area contributed by atoms with Crippen LogP contribution < -0.4 is 26.1 Å². The summed E-state index contributed by atoms with van der Waals surface area (Å²) < 4.78 is 11.8. The zero-order chi connectivity index (χ0) is 27.4. The van der Waals surface area contributed by atoms with Gasteiger partial charge < -0.3 is 25.1 Å². The Hall–Kier alpha value is -4.30. The predicted octanol–water partition coefficient (Wildman–Crippen LogP) is 4.26. The Labute approximate surface area is 228 Å². The number of ether oxygens (including phenoxy) is 1. The van der Waals surface area contributed by atoms with Crippen molar-refractivity contribution in [1.82, 2.24) is 4.90 Å². The molecule has 1 aliphatic heterocycles. The van der Waals surface area contributed by atoms with Gasteiger partial charge in [-0.2, -0.15) is 0 Å². The Balaban J connectivity index is 1.29. The van der Waals surface area contributed by atoms with E-state index in [1.807, 2.05) is 60.7 Å². The van der Waals surface area contributed by atoms with E-state index in [-0.39, 0.29) is 11.3 Å². The van der Waals surface area contributed by atoms with Crippen LogP contribution in [0.1, 0.15) is 12.0 Å². The molecule has 8 nitrogen and oxygen atoms in total. The van der Waals surface area contributed by atoms with E-state index in [1.54, 1.807) is 20.1 Å². The number of methoxy groups -OCH3 is 1. The van der Waals surface area contributed by atoms with Gasteiger partial charge in [0, 0.05) is 43.9 Å². The van der Waals surface area contributed by atoms with Crippen LogP contribution in [0.25, 0.3) is 22.3 Å². The lowest BCUT2D eigenvalue weighted by Crippen LogP contribution is -2.54. The third-order valence-electron chi connectivity index (χ3n) is 7.42. The van der Waals surface area contributed by atoms with Gasteiger partial charge in [-0.1, -0.05) is 48.5 Å². The molecule has 2 heterocycles. The lowest BCUT2D eigenvalue weighted by atomic mass is 10.1. The van der Waals surface area contributed by atoms with Crippen LogP contribution in [-0.4, -0.2) is 56.7 Å². The number of nitrogens with one attached hydrogen (secondary N) is 1. The fraction of sp³-hybridized carbons (Fsp3) is 0.290. The number of amides is 1. The fourth-order valence-corrected chi connectivity index (χ4v) is 5.33. The van der Waals surface area contributed by atoms with Crippen molar-refractivity contribution in [3.05, 3.63) is 88.6 Å². The summed E-state index contributed by atoms with van der Waals surface area (Å²) in [7, 11) is 1.68. The molecule has 202 valence electrons. The monoisotopic (exact) mass is 526 g/mol. The van der Waals surface area contributed by atoms with E-state index in [2.05, 4.69) is 21.2 Å². The van der Waals surface area contributed by atoms with Crippen LogP contribution >= 0.6 is 0 Å². The van der Waals surface area contributed by atoms with Crippen molar-refractivity contribution in [3.63, 3.8) is 0 Å². The van der Waals surface area contributed by atoms with Crippen LogP contribution in [0, 0.1) is 6.92 Å². The first kappa shape index (κ1) is 26.3.